The van der Waals surface area contributed by atoms with Gasteiger partial charge in [-0.15, -0.1) is 0 Å². The van der Waals surface area contributed by atoms with E-state index >= 15 is 0 Å². The Hall–Kier alpha value is -0.760. The summed E-state index contributed by atoms with van der Waals surface area (Å²) in [6.07, 6.45) is 10.0. The summed E-state index contributed by atoms with van der Waals surface area (Å²) in [6.45, 7) is 5.07. The summed E-state index contributed by atoms with van der Waals surface area (Å²) in [4.78, 5) is 0. The van der Waals surface area contributed by atoms with E-state index in [1.54, 1.807) is 0 Å². The summed E-state index contributed by atoms with van der Waals surface area (Å²) in [5, 5.41) is 3.17. The van der Waals surface area contributed by atoms with Gasteiger partial charge in [0.25, 0.3) is 0 Å². The molecular formula is C10H20N2. The van der Waals surface area contributed by atoms with Gasteiger partial charge in [0, 0.05) is 12.6 Å². The SMILES string of the molecule is CC=CC=CNCCC(N)CC. The Balaban J connectivity index is 3.20. The molecule has 0 saturated heterocycles. The molecule has 0 spiro atoms. The van der Waals surface area contributed by atoms with E-state index in [2.05, 4.69) is 12.2 Å². The predicted octanol–water partition coefficient (Wildman–Crippen LogP) is 1.79. The molecule has 2 heteroatoms. The van der Waals surface area contributed by atoms with Gasteiger partial charge >= 0.3 is 0 Å². The summed E-state index contributed by atoms with van der Waals surface area (Å²) >= 11 is 0. The van der Waals surface area contributed by atoms with Crippen molar-refractivity contribution in [3.8, 4) is 0 Å². The van der Waals surface area contributed by atoms with Crippen molar-refractivity contribution in [2.45, 2.75) is 32.7 Å². The second-order valence-corrected chi connectivity index (χ2v) is 2.80. The molecule has 12 heavy (non-hydrogen) atoms. The third-order valence-corrected chi connectivity index (χ3v) is 1.70. The van der Waals surface area contributed by atoms with Crippen LogP contribution in [0.3, 0.4) is 0 Å². The molecule has 70 valence electrons. The third kappa shape index (κ3) is 7.35. The largest absolute Gasteiger partial charge is 0.391 e. The molecule has 3 N–H and O–H groups in total. The van der Waals surface area contributed by atoms with E-state index in [-0.39, 0.29) is 0 Å². The molecule has 0 aliphatic heterocycles. The molecule has 0 bridgehead atoms. The lowest BCUT2D eigenvalue weighted by molar-refractivity contribution is 0.581. The molecule has 0 aromatic rings. The van der Waals surface area contributed by atoms with Gasteiger partial charge in [-0.3, -0.25) is 0 Å². The van der Waals surface area contributed by atoms with Crippen LogP contribution in [0.5, 0.6) is 0 Å². The van der Waals surface area contributed by atoms with Crippen molar-refractivity contribution in [3.63, 3.8) is 0 Å². The van der Waals surface area contributed by atoms with Crippen LogP contribution >= 0.6 is 0 Å². The fourth-order valence-corrected chi connectivity index (χ4v) is 0.791. The summed E-state index contributed by atoms with van der Waals surface area (Å²) in [5.74, 6) is 0. The summed E-state index contributed by atoms with van der Waals surface area (Å²) < 4.78 is 0. The van der Waals surface area contributed by atoms with E-state index < -0.39 is 0 Å². The molecule has 0 rings (SSSR count). The quantitative estimate of drug-likeness (QED) is 0.469. The second kappa shape index (κ2) is 8.34. The smallest absolute Gasteiger partial charge is 0.0156 e. The Bertz CT molecular complexity index is 139. The van der Waals surface area contributed by atoms with Crippen LogP contribution in [0.15, 0.2) is 24.4 Å². The lowest BCUT2D eigenvalue weighted by atomic mass is 10.2. The van der Waals surface area contributed by atoms with Crippen LogP contribution in [-0.4, -0.2) is 12.6 Å². The van der Waals surface area contributed by atoms with Crippen LogP contribution in [-0.2, 0) is 0 Å². The van der Waals surface area contributed by atoms with Crippen LogP contribution in [0.2, 0.25) is 0 Å². The van der Waals surface area contributed by atoms with Crippen molar-refractivity contribution in [2.75, 3.05) is 6.54 Å². The Morgan fingerprint density at radius 3 is 2.75 bits per heavy atom. The monoisotopic (exact) mass is 168 g/mol. The highest BCUT2D eigenvalue weighted by Crippen LogP contribution is 1.90. The van der Waals surface area contributed by atoms with Crippen LogP contribution in [0.25, 0.3) is 0 Å². The fourth-order valence-electron chi connectivity index (χ4n) is 0.791. The molecule has 0 heterocycles. The van der Waals surface area contributed by atoms with Crippen molar-refractivity contribution in [1.29, 1.82) is 0 Å². The molecule has 0 aromatic carbocycles. The van der Waals surface area contributed by atoms with Gasteiger partial charge in [0.15, 0.2) is 0 Å². The average molecular weight is 168 g/mol. The Kier molecular flexibility index (Phi) is 7.81. The van der Waals surface area contributed by atoms with E-state index in [0.717, 1.165) is 19.4 Å². The standard InChI is InChI=1S/C10H20N2/c1-3-5-6-8-12-9-7-10(11)4-2/h3,5-6,8,10,12H,4,7,9,11H2,1-2H3. The number of hydrogen-bond donors (Lipinski definition) is 2. The molecule has 0 aliphatic carbocycles. The normalized spacial score (nSPS) is 14.2. The zero-order chi connectivity index (χ0) is 9.23. The van der Waals surface area contributed by atoms with Crippen LogP contribution < -0.4 is 11.1 Å². The number of nitrogens with two attached hydrogens (primary N) is 1. The summed E-state index contributed by atoms with van der Waals surface area (Å²) in [6, 6.07) is 0.340. The first-order valence-electron chi connectivity index (χ1n) is 4.58. The summed E-state index contributed by atoms with van der Waals surface area (Å²) in [7, 11) is 0. The van der Waals surface area contributed by atoms with Gasteiger partial charge in [-0.05, 0) is 32.0 Å². The first kappa shape index (κ1) is 11.2. The molecule has 0 aliphatic rings. The number of allylic oxidation sites excluding steroid dienone is 3. The maximum Gasteiger partial charge on any atom is 0.0156 e. The predicted molar refractivity (Wildman–Crippen MR) is 54.8 cm³/mol. The van der Waals surface area contributed by atoms with Crippen LogP contribution in [0.4, 0.5) is 0 Å². The first-order valence-corrected chi connectivity index (χ1v) is 4.58. The van der Waals surface area contributed by atoms with Crippen molar-refractivity contribution >= 4 is 0 Å². The molecule has 1 unspecified atom stereocenters. The highest BCUT2D eigenvalue weighted by Gasteiger charge is 1.95. The molecule has 0 aromatic heterocycles. The van der Waals surface area contributed by atoms with Crippen molar-refractivity contribution < 1.29 is 0 Å². The molecule has 0 saturated carbocycles. The van der Waals surface area contributed by atoms with E-state index in [9.17, 15) is 0 Å². The van der Waals surface area contributed by atoms with Gasteiger partial charge in [0.05, 0.1) is 0 Å². The van der Waals surface area contributed by atoms with Crippen molar-refractivity contribution in [2.24, 2.45) is 5.73 Å². The molecule has 2 nitrogen and oxygen atoms in total. The third-order valence-electron chi connectivity index (χ3n) is 1.70. The Morgan fingerprint density at radius 2 is 2.17 bits per heavy atom. The number of nitrogens with one attached hydrogen (secondary N) is 1. The van der Waals surface area contributed by atoms with Gasteiger partial charge in [-0.25, -0.2) is 0 Å². The fraction of sp³-hybridized carbons (Fsp3) is 0.600. The Morgan fingerprint density at radius 1 is 1.42 bits per heavy atom. The lowest BCUT2D eigenvalue weighted by Gasteiger charge is -2.07. The highest BCUT2D eigenvalue weighted by molar-refractivity contribution is 4.99. The van der Waals surface area contributed by atoms with Gasteiger partial charge in [0.1, 0.15) is 0 Å². The van der Waals surface area contributed by atoms with E-state index in [1.807, 2.05) is 31.4 Å². The summed E-state index contributed by atoms with van der Waals surface area (Å²) in [5.41, 5.74) is 5.74. The molecule has 0 amide bonds. The highest BCUT2D eigenvalue weighted by atomic mass is 14.8. The molecule has 1 atom stereocenters. The zero-order valence-corrected chi connectivity index (χ0v) is 8.09. The maximum absolute atomic E-state index is 5.74. The van der Waals surface area contributed by atoms with E-state index in [1.165, 1.54) is 0 Å². The van der Waals surface area contributed by atoms with Crippen molar-refractivity contribution in [3.05, 3.63) is 24.4 Å². The van der Waals surface area contributed by atoms with Crippen LogP contribution in [0, 0.1) is 0 Å². The topological polar surface area (TPSA) is 38.0 Å². The van der Waals surface area contributed by atoms with Crippen molar-refractivity contribution in [1.82, 2.24) is 5.32 Å². The zero-order valence-electron chi connectivity index (χ0n) is 8.09. The first-order chi connectivity index (χ1) is 5.81. The van der Waals surface area contributed by atoms with E-state index in [0.29, 0.717) is 6.04 Å². The van der Waals surface area contributed by atoms with Gasteiger partial charge in [0.2, 0.25) is 0 Å². The molecular weight excluding hydrogens is 148 g/mol. The molecule has 0 fully saturated rings. The maximum atomic E-state index is 5.74. The lowest BCUT2D eigenvalue weighted by Crippen LogP contribution is -2.23. The van der Waals surface area contributed by atoms with Gasteiger partial charge < -0.3 is 11.1 Å². The minimum atomic E-state index is 0.340. The van der Waals surface area contributed by atoms with Gasteiger partial charge in [-0.2, -0.15) is 0 Å². The number of rotatable bonds is 6. The molecule has 0 radical (unpaired) electrons. The minimum Gasteiger partial charge on any atom is -0.391 e. The second-order valence-electron chi connectivity index (χ2n) is 2.80. The minimum absolute atomic E-state index is 0.340. The van der Waals surface area contributed by atoms with E-state index in [4.69, 9.17) is 5.73 Å². The average Bonchev–Trinajstić information content (AvgIpc) is 2.10. The Labute approximate surface area is 75.5 Å². The number of hydrogen-bond acceptors (Lipinski definition) is 2. The van der Waals surface area contributed by atoms with Gasteiger partial charge in [-0.1, -0.05) is 19.1 Å². The van der Waals surface area contributed by atoms with Crippen LogP contribution in [0.1, 0.15) is 26.7 Å².